The molecule has 2 saturated heterocycles. The summed E-state index contributed by atoms with van der Waals surface area (Å²) in [7, 11) is -9.84. The largest absolute Gasteiger partial charge is 0.778 e. The first-order chi connectivity index (χ1) is 18.5. The number of urea groups is 1. The molecule has 3 unspecified atom stereocenters. The minimum atomic E-state index is -5.21. The van der Waals surface area contributed by atoms with E-state index in [0.29, 0.717) is 24.4 Å². The Morgan fingerprint density at radius 3 is 2.56 bits per heavy atom. The number of aromatic nitrogens is 4. The van der Waals surface area contributed by atoms with Crippen LogP contribution >= 0.6 is 15.4 Å². The Morgan fingerprint density at radius 1 is 1.10 bits per heavy atom. The number of hydrogen-bond donors (Lipinski definition) is 2. The number of anilines is 1. The van der Waals surface area contributed by atoms with Gasteiger partial charge in [0.15, 0.2) is 29.5 Å². The standard InChI is InChI=1S/C21H26N6O10P2/c1-3-22-21(28)26-17-14-18(24-10-23-17)27(11-25-14)19-16-15(35-20(36-16)12-7-5-4-6-8-12)13(34-19)9-33-39(31,32)37-38(2,29)30/h4-8,10-11,13,15-16,19-20H,3,9H2,1-2H3,(H,29,30)(H,31,32)(H2,22,23,24,26,28)/p-2/t13-,15?,16+,19-,20+/m1/s1. The van der Waals surface area contributed by atoms with Gasteiger partial charge in [0.2, 0.25) is 0 Å². The number of hydrogen-bond acceptors (Lipinski definition) is 13. The summed E-state index contributed by atoms with van der Waals surface area (Å²) in [5, 5.41) is 5.21. The van der Waals surface area contributed by atoms with Crippen molar-refractivity contribution in [3.63, 3.8) is 0 Å². The molecule has 2 amide bonds. The Morgan fingerprint density at radius 2 is 1.85 bits per heavy atom. The number of fused-ring (bicyclic) bond motifs is 2. The average Bonchev–Trinajstić information content (AvgIpc) is 3.56. The van der Waals surface area contributed by atoms with Crippen molar-refractivity contribution < 1.29 is 46.8 Å². The zero-order chi connectivity index (χ0) is 27.8. The van der Waals surface area contributed by atoms with Crippen LogP contribution in [0.1, 0.15) is 25.0 Å². The smallest absolute Gasteiger partial charge is 0.320 e. The Hall–Kier alpha value is -2.78. The molecule has 1 aromatic carbocycles. The molecule has 5 rings (SSSR count). The molecule has 0 aliphatic carbocycles. The van der Waals surface area contributed by atoms with Gasteiger partial charge in [0, 0.05) is 18.8 Å². The van der Waals surface area contributed by atoms with Crippen LogP contribution in [0.3, 0.4) is 0 Å². The van der Waals surface area contributed by atoms with Gasteiger partial charge >= 0.3 is 6.03 Å². The normalized spacial score (nSPS) is 27.5. The Kier molecular flexibility index (Phi) is 7.84. The second-order valence-corrected chi connectivity index (χ2v) is 12.0. The SMILES string of the molecule is CCNC(=O)Nc1ncnc2c1ncn2[C@@H]1O[C@H](COP(=O)([O-])OP(C)(=O)[O-])C2O[C@H](c3ccccc3)O[C@@H]21. The van der Waals surface area contributed by atoms with E-state index in [1.807, 2.05) is 18.2 Å². The number of imidazole rings is 1. The summed E-state index contributed by atoms with van der Waals surface area (Å²) in [5.74, 6) is 0.163. The third kappa shape index (κ3) is 6.19. The first-order valence-electron chi connectivity index (χ1n) is 11.7. The number of rotatable bonds is 9. The fraction of sp³-hybridized carbons (Fsp3) is 0.429. The van der Waals surface area contributed by atoms with E-state index in [4.69, 9.17) is 18.7 Å². The van der Waals surface area contributed by atoms with Crippen molar-refractivity contribution in [2.75, 3.05) is 25.1 Å². The third-order valence-corrected chi connectivity index (χ3v) is 8.22. The number of nitrogens with one attached hydrogen (secondary N) is 2. The molecule has 0 bridgehead atoms. The minimum Gasteiger partial charge on any atom is -0.778 e. The van der Waals surface area contributed by atoms with Crippen LogP contribution in [0.5, 0.6) is 0 Å². The van der Waals surface area contributed by atoms with Gasteiger partial charge in [-0.05, 0) is 6.92 Å². The predicted molar refractivity (Wildman–Crippen MR) is 129 cm³/mol. The molecular formula is C21H24N6O10P2-2. The zero-order valence-electron chi connectivity index (χ0n) is 20.6. The lowest BCUT2D eigenvalue weighted by Gasteiger charge is -2.30. The van der Waals surface area contributed by atoms with Crippen LogP contribution in [-0.4, -0.2) is 63.7 Å². The molecule has 4 heterocycles. The maximum Gasteiger partial charge on any atom is 0.320 e. The Balaban J connectivity index is 1.43. The fourth-order valence-corrected chi connectivity index (χ4v) is 6.24. The lowest BCUT2D eigenvalue weighted by Crippen LogP contribution is -2.32. The van der Waals surface area contributed by atoms with E-state index in [-0.39, 0.29) is 11.3 Å². The van der Waals surface area contributed by atoms with Gasteiger partial charge in [-0.25, -0.2) is 19.7 Å². The predicted octanol–water partition coefficient (Wildman–Crippen LogP) is 1.03. The van der Waals surface area contributed by atoms with Crippen LogP contribution in [-0.2, 0) is 32.2 Å². The van der Waals surface area contributed by atoms with Gasteiger partial charge in [0.25, 0.3) is 7.82 Å². The second kappa shape index (κ2) is 11.0. The monoisotopic (exact) mass is 582 g/mol. The van der Waals surface area contributed by atoms with E-state index in [0.717, 1.165) is 0 Å². The molecule has 16 nitrogen and oxygen atoms in total. The molecule has 3 aromatic rings. The van der Waals surface area contributed by atoms with Crippen LogP contribution in [0.2, 0.25) is 0 Å². The van der Waals surface area contributed by atoms with Crippen molar-refractivity contribution in [2.24, 2.45) is 0 Å². The third-order valence-electron chi connectivity index (χ3n) is 5.77. The highest BCUT2D eigenvalue weighted by Gasteiger charge is 2.54. The van der Waals surface area contributed by atoms with E-state index in [2.05, 4.69) is 29.9 Å². The van der Waals surface area contributed by atoms with Crippen molar-refractivity contribution in [3.8, 4) is 0 Å². The number of amides is 2. The van der Waals surface area contributed by atoms with Crippen LogP contribution < -0.4 is 20.4 Å². The van der Waals surface area contributed by atoms with Crippen molar-refractivity contribution in [2.45, 2.75) is 37.8 Å². The molecule has 2 N–H and O–H groups in total. The Labute approximate surface area is 221 Å². The molecule has 7 atom stereocenters. The average molecular weight is 582 g/mol. The van der Waals surface area contributed by atoms with Crippen molar-refractivity contribution in [1.29, 1.82) is 0 Å². The fourth-order valence-electron chi connectivity index (χ4n) is 4.27. The molecule has 0 spiro atoms. The minimum absolute atomic E-state index is 0.163. The van der Waals surface area contributed by atoms with Gasteiger partial charge in [-0.2, -0.15) is 0 Å². The van der Waals surface area contributed by atoms with Gasteiger partial charge in [-0.15, -0.1) is 0 Å². The van der Waals surface area contributed by atoms with Crippen LogP contribution in [0, 0.1) is 0 Å². The quantitative estimate of drug-likeness (QED) is 0.338. The second-order valence-electron chi connectivity index (χ2n) is 8.64. The van der Waals surface area contributed by atoms with Gasteiger partial charge < -0.3 is 38.4 Å². The summed E-state index contributed by atoms with van der Waals surface area (Å²) in [6.45, 7) is 2.17. The molecule has 0 radical (unpaired) electrons. The molecule has 2 aliphatic rings. The van der Waals surface area contributed by atoms with Crippen molar-refractivity contribution >= 4 is 38.4 Å². The topological polar surface area (TPSA) is 211 Å². The van der Waals surface area contributed by atoms with Crippen molar-refractivity contribution in [1.82, 2.24) is 24.8 Å². The first kappa shape index (κ1) is 27.8. The summed E-state index contributed by atoms with van der Waals surface area (Å²) in [5.41, 5.74) is 1.28. The van der Waals surface area contributed by atoms with Gasteiger partial charge in [-0.1, -0.05) is 30.3 Å². The number of phosphoric ester groups is 1. The van der Waals surface area contributed by atoms with E-state index in [9.17, 15) is 23.7 Å². The number of carbonyl (C=O) groups excluding carboxylic acids is 1. The van der Waals surface area contributed by atoms with Gasteiger partial charge in [-0.3, -0.25) is 18.8 Å². The maximum atomic E-state index is 12.0. The molecule has 2 aromatic heterocycles. The molecule has 0 saturated carbocycles. The molecular weight excluding hydrogens is 558 g/mol. The Bertz CT molecular complexity index is 1440. The number of nitrogens with zero attached hydrogens (tertiary/aromatic N) is 4. The highest BCUT2D eigenvalue weighted by atomic mass is 31.3. The van der Waals surface area contributed by atoms with E-state index in [1.165, 1.54) is 12.7 Å². The lowest BCUT2D eigenvalue weighted by atomic mass is 10.1. The van der Waals surface area contributed by atoms with Crippen LogP contribution in [0.25, 0.3) is 11.2 Å². The zero-order valence-corrected chi connectivity index (χ0v) is 22.4. The highest BCUT2D eigenvalue weighted by Crippen LogP contribution is 2.53. The van der Waals surface area contributed by atoms with Crippen LogP contribution in [0.4, 0.5) is 10.6 Å². The summed E-state index contributed by atoms with van der Waals surface area (Å²) >= 11 is 0. The number of benzene rings is 1. The molecule has 2 fully saturated rings. The highest BCUT2D eigenvalue weighted by molar-refractivity contribution is 7.62. The molecule has 2 aliphatic heterocycles. The summed E-state index contributed by atoms with van der Waals surface area (Å²) in [4.78, 5) is 48.1. The van der Waals surface area contributed by atoms with E-state index < -0.39 is 58.9 Å². The van der Waals surface area contributed by atoms with Crippen molar-refractivity contribution in [3.05, 3.63) is 48.5 Å². The van der Waals surface area contributed by atoms with Crippen LogP contribution in [0.15, 0.2) is 43.0 Å². The summed E-state index contributed by atoms with van der Waals surface area (Å²) in [6, 6.07) is 8.59. The van der Waals surface area contributed by atoms with E-state index >= 15 is 0 Å². The lowest BCUT2D eigenvalue weighted by molar-refractivity contribution is -0.234. The molecule has 18 heteroatoms. The number of carbonyl (C=O) groups is 1. The molecule has 39 heavy (non-hydrogen) atoms. The van der Waals surface area contributed by atoms with Gasteiger partial charge in [0.05, 0.1) is 12.9 Å². The maximum absolute atomic E-state index is 12.0. The first-order valence-corrected chi connectivity index (χ1v) is 15.2. The summed E-state index contributed by atoms with van der Waals surface area (Å²) in [6.07, 6.45) is -1.69. The number of phosphoric acid groups is 1. The number of ether oxygens (including phenoxy) is 3. The van der Waals surface area contributed by atoms with Gasteiger partial charge in [0.1, 0.15) is 32.2 Å². The summed E-state index contributed by atoms with van der Waals surface area (Å²) < 4.78 is 52.1. The molecule has 210 valence electrons. The van der Waals surface area contributed by atoms with E-state index in [1.54, 1.807) is 23.6 Å².